The van der Waals surface area contributed by atoms with Crippen LogP contribution in [-0.4, -0.2) is 12.6 Å². The van der Waals surface area contributed by atoms with Crippen molar-refractivity contribution in [1.82, 2.24) is 0 Å². The van der Waals surface area contributed by atoms with Crippen LogP contribution in [0.15, 0.2) is 60.7 Å². The lowest BCUT2D eigenvalue weighted by molar-refractivity contribution is -0.141. The van der Waals surface area contributed by atoms with E-state index in [1.165, 1.54) is 25.3 Å². The molecule has 0 aliphatic heterocycles. The zero-order valence-corrected chi connectivity index (χ0v) is 15.1. The van der Waals surface area contributed by atoms with Gasteiger partial charge in [-0.25, -0.2) is 0 Å². The molecule has 132 valence electrons. The van der Waals surface area contributed by atoms with Crippen LogP contribution in [0.3, 0.4) is 0 Å². The molecule has 0 amide bonds. The number of ether oxygens (including phenoxy) is 1. The van der Waals surface area contributed by atoms with Crippen LogP contribution in [0.25, 0.3) is 6.08 Å². The first kappa shape index (κ1) is 20.5. The zero-order chi connectivity index (χ0) is 18.0. The Balaban J connectivity index is 1.99. The quantitative estimate of drug-likeness (QED) is 0.236. The summed E-state index contributed by atoms with van der Waals surface area (Å²) in [4.78, 5) is 10.6. The molecule has 0 aliphatic rings. The Morgan fingerprint density at radius 2 is 1.68 bits per heavy atom. The highest BCUT2D eigenvalue weighted by atomic mass is 16.5. The largest absolute Gasteiger partial charge is 0.466 e. The normalized spacial score (nSPS) is 11.1. The summed E-state index contributed by atoms with van der Waals surface area (Å²) in [5, 5.41) is 0. The highest BCUT2D eigenvalue weighted by molar-refractivity contribution is 5.65. The molecule has 1 aromatic rings. The van der Waals surface area contributed by atoms with Gasteiger partial charge in [-0.1, -0.05) is 91.8 Å². The maximum absolute atomic E-state index is 10.6. The van der Waals surface area contributed by atoms with Crippen molar-refractivity contribution >= 4 is 12.0 Å². The van der Waals surface area contributed by atoms with Crippen molar-refractivity contribution in [2.24, 2.45) is 0 Å². The summed E-state index contributed by atoms with van der Waals surface area (Å²) in [5.74, 6) is 6.03. The summed E-state index contributed by atoms with van der Waals surface area (Å²) in [6.45, 7) is 2.00. The molecular formula is C23H28O2. The molecule has 2 heteroatoms. The minimum Gasteiger partial charge on any atom is -0.466 e. The third kappa shape index (κ3) is 13.6. The second-order valence-corrected chi connectivity index (χ2v) is 5.69. The average molecular weight is 336 g/mol. The third-order valence-corrected chi connectivity index (χ3v) is 3.45. The van der Waals surface area contributed by atoms with E-state index in [4.69, 9.17) is 4.74 Å². The summed E-state index contributed by atoms with van der Waals surface area (Å²) in [6.07, 6.45) is 18.4. The van der Waals surface area contributed by atoms with E-state index in [9.17, 15) is 4.79 Å². The van der Waals surface area contributed by atoms with E-state index >= 15 is 0 Å². The van der Waals surface area contributed by atoms with Crippen LogP contribution >= 0.6 is 0 Å². The predicted octanol–water partition coefficient (Wildman–Crippen LogP) is 5.72. The van der Waals surface area contributed by atoms with Gasteiger partial charge in [0.25, 0.3) is 0 Å². The molecule has 2 nitrogen and oxygen atoms in total. The number of hydrogen-bond acceptors (Lipinski definition) is 2. The summed E-state index contributed by atoms with van der Waals surface area (Å²) >= 11 is 0. The first-order valence-electron chi connectivity index (χ1n) is 8.96. The molecule has 0 saturated heterocycles. The van der Waals surface area contributed by atoms with E-state index in [-0.39, 0.29) is 5.97 Å². The van der Waals surface area contributed by atoms with Gasteiger partial charge in [-0.15, -0.1) is 0 Å². The second kappa shape index (κ2) is 15.0. The molecule has 0 aromatic heterocycles. The SMILES string of the molecule is CC(=O)OCCCCCCCC#C\C=C/C=C/C=C/c1ccccc1. The Morgan fingerprint density at radius 3 is 2.48 bits per heavy atom. The molecule has 0 N–H and O–H groups in total. The molecule has 0 saturated carbocycles. The molecule has 0 radical (unpaired) electrons. The van der Waals surface area contributed by atoms with Crippen LogP contribution in [0.4, 0.5) is 0 Å². The van der Waals surface area contributed by atoms with Gasteiger partial charge in [0.15, 0.2) is 0 Å². The van der Waals surface area contributed by atoms with Gasteiger partial charge in [0.2, 0.25) is 0 Å². The minimum atomic E-state index is -0.189. The average Bonchev–Trinajstić information content (AvgIpc) is 2.62. The lowest BCUT2D eigenvalue weighted by Crippen LogP contribution is -1.99. The van der Waals surface area contributed by atoms with Crippen molar-refractivity contribution in [2.75, 3.05) is 6.61 Å². The maximum atomic E-state index is 10.6. The topological polar surface area (TPSA) is 26.3 Å². The predicted molar refractivity (Wildman–Crippen MR) is 106 cm³/mol. The van der Waals surface area contributed by atoms with E-state index < -0.39 is 0 Å². The molecule has 1 rings (SSSR count). The number of esters is 1. The fraction of sp³-hybridized carbons (Fsp3) is 0.348. The van der Waals surface area contributed by atoms with Gasteiger partial charge in [-0.3, -0.25) is 4.79 Å². The van der Waals surface area contributed by atoms with Crippen molar-refractivity contribution in [2.45, 2.75) is 45.4 Å². The Kier molecular flexibility index (Phi) is 12.3. The smallest absolute Gasteiger partial charge is 0.302 e. The van der Waals surface area contributed by atoms with E-state index in [0.29, 0.717) is 6.61 Å². The van der Waals surface area contributed by atoms with Crippen molar-refractivity contribution in [3.63, 3.8) is 0 Å². The van der Waals surface area contributed by atoms with E-state index in [2.05, 4.69) is 30.0 Å². The van der Waals surface area contributed by atoms with Crippen molar-refractivity contribution in [1.29, 1.82) is 0 Å². The van der Waals surface area contributed by atoms with Crippen molar-refractivity contribution < 1.29 is 9.53 Å². The minimum absolute atomic E-state index is 0.189. The van der Waals surface area contributed by atoms with Gasteiger partial charge in [-0.2, -0.15) is 0 Å². The van der Waals surface area contributed by atoms with Crippen molar-refractivity contribution in [3.8, 4) is 11.8 Å². The van der Waals surface area contributed by atoms with E-state index in [1.54, 1.807) is 0 Å². The Labute approximate surface area is 152 Å². The first-order valence-corrected chi connectivity index (χ1v) is 8.96. The Morgan fingerprint density at radius 1 is 0.960 bits per heavy atom. The van der Waals surface area contributed by atoms with Gasteiger partial charge in [0.1, 0.15) is 0 Å². The van der Waals surface area contributed by atoms with Gasteiger partial charge in [-0.05, 0) is 24.5 Å². The lowest BCUT2D eigenvalue weighted by Gasteiger charge is -2.01. The Hall–Kier alpha value is -2.53. The number of allylic oxidation sites excluding steroid dienone is 5. The van der Waals surface area contributed by atoms with Crippen LogP contribution in [0.5, 0.6) is 0 Å². The summed E-state index contributed by atoms with van der Waals surface area (Å²) < 4.78 is 4.89. The molecule has 0 unspecified atom stereocenters. The first-order chi connectivity index (χ1) is 12.3. The maximum Gasteiger partial charge on any atom is 0.302 e. The number of benzene rings is 1. The van der Waals surface area contributed by atoms with Crippen LogP contribution in [0.1, 0.15) is 51.0 Å². The van der Waals surface area contributed by atoms with Crippen LogP contribution in [-0.2, 0) is 9.53 Å². The van der Waals surface area contributed by atoms with Crippen LogP contribution in [0, 0.1) is 11.8 Å². The van der Waals surface area contributed by atoms with E-state index in [0.717, 1.165) is 25.7 Å². The standard InChI is InChI=1S/C23H28O2/c1-22(24)25-21-17-12-10-8-6-4-2-3-5-7-9-11-14-18-23-19-15-13-16-20-23/h5,7,9,11,13-16,18-20H,4,6,8,10,12,17,21H2,1H3/b7-5-,11-9+,18-14+. The second-order valence-electron chi connectivity index (χ2n) is 5.69. The highest BCUT2D eigenvalue weighted by Gasteiger charge is 1.93. The summed E-state index contributed by atoms with van der Waals surface area (Å²) in [7, 11) is 0. The highest BCUT2D eigenvalue weighted by Crippen LogP contribution is 2.05. The molecule has 0 bridgehead atoms. The van der Waals surface area contributed by atoms with Crippen LogP contribution in [0.2, 0.25) is 0 Å². The molecule has 0 spiro atoms. The molecule has 0 fully saturated rings. The third-order valence-electron chi connectivity index (χ3n) is 3.45. The van der Waals surface area contributed by atoms with Crippen molar-refractivity contribution in [3.05, 3.63) is 66.3 Å². The number of carbonyl (C=O) groups excluding carboxylic acids is 1. The van der Waals surface area contributed by atoms with Crippen LogP contribution < -0.4 is 0 Å². The number of unbranched alkanes of at least 4 members (excludes halogenated alkanes) is 5. The number of hydrogen-bond donors (Lipinski definition) is 0. The molecular weight excluding hydrogens is 308 g/mol. The molecule has 25 heavy (non-hydrogen) atoms. The van der Waals surface area contributed by atoms with Gasteiger partial charge >= 0.3 is 5.97 Å². The fourth-order valence-corrected chi connectivity index (χ4v) is 2.16. The summed E-state index contributed by atoms with van der Waals surface area (Å²) in [6, 6.07) is 10.2. The van der Waals surface area contributed by atoms with Gasteiger partial charge in [0, 0.05) is 13.3 Å². The molecule has 1 aromatic carbocycles. The Bertz CT molecular complexity index is 612. The van der Waals surface area contributed by atoms with Gasteiger partial charge < -0.3 is 4.74 Å². The van der Waals surface area contributed by atoms with Gasteiger partial charge in [0.05, 0.1) is 6.61 Å². The summed E-state index contributed by atoms with van der Waals surface area (Å²) in [5.41, 5.74) is 1.20. The zero-order valence-electron chi connectivity index (χ0n) is 15.1. The molecule has 0 atom stereocenters. The monoisotopic (exact) mass is 336 g/mol. The molecule has 0 heterocycles. The fourth-order valence-electron chi connectivity index (χ4n) is 2.16. The number of rotatable bonds is 10. The van der Waals surface area contributed by atoms with E-state index in [1.807, 2.05) is 48.6 Å². The number of carbonyl (C=O) groups is 1. The lowest BCUT2D eigenvalue weighted by atomic mass is 10.1. The molecule has 0 aliphatic carbocycles.